The molecule has 0 saturated carbocycles. The topological polar surface area (TPSA) is 52.0 Å². The van der Waals surface area contributed by atoms with Crippen molar-refractivity contribution in [2.24, 2.45) is 0 Å². The highest BCUT2D eigenvalue weighted by Gasteiger charge is 2.39. The third kappa shape index (κ3) is 5.67. The molecule has 188 valence electrons. The summed E-state index contributed by atoms with van der Waals surface area (Å²) < 4.78 is 22.3. The molecular weight excluding hydrogens is 455 g/mol. The molecule has 0 amide bonds. The van der Waals surface area contributed by atoms with Gasteiger partial charge >= 0.3 is 0 Å². The van der Waals surface area contributed by atoms with Gasteiger partial charge in [-0.25, -0.2) is 14.4 Å². The van der Waals surface area contributed by atoms with E-state index in [0.717, 1.165) is 60.9 Å². The number of benzene rings is 1. The quantitative estimate of drug-likeness (QED) is 0.257. The van der Waals surface area contributed by atoms with Gasteiger partial charge in [-0.3, -0.25) is 0 Å². The fraction of sp³-hybridized carbons (Fsp3) is 0.500. The molecule has 0 aliphatic heterocycles. The van der Waals surface area contributed by atoms with Gasteiger partial charge in [0.1, 0.15) is 11.3 Å². The Morgan fingerprint density at radius 3 is 2.57 bits per heavy atom. The summed E-state index contributed by atoms with van der Waals surface area (Å²) >= 11 is 0. The zero-order valence-electron chi connectivity index (χ0n) is 22.0. The molecule has 7 heteroatoms. The number of allylic oxidation sites excluding steroid dienone is 1. The molecule has 0 radical (unpaired) electrons. The Hall–Kier alpha value is -2.51. The van der Waals surface area contributed by atoms with E-state index in [2.05, 4.69) is 67.9 Å². The van der Waals surface area contributed by atoms with Gasteiger partial charge < -0.3 is 14.3 Å². The lowest BCUT2D eigenvalue weighted by Crippen LogP contribution is -2.44. The lowest BCUT2D eigenvalue weighted by molar-refractivity contribution is 0.172. The first-order valence-corrected chi connectivity index (χ1v) is 15.7. The molecule has 2 heterocycles. The molecule has 1 N–H and O–H groups in total. The zero-order valence-corrected chi connectivity index (χ0v) is 23.0. The summed E-state index contributed by atoms with van der Waals surface area (Å²) in [6.45, 7) is 14.5. The van der Waals surface area contributed by atoms with Crippen LogP contribution in [0.4, 0.5) is 10.3 Å². The van der Waals surface area contributed by atoms with Crippen LogP contribution in [0.5, 0.6) is 0 Å². The van der Waals surface area contributed by atoms with Gasteiger partial charge in [-0.15, -0.1) is 0 Å². The van der Waals surface area contributed by atoms with Crippen LogP contribution < -0.4 is 5.32 Å². The van der Waals surface area contributed by atoms with E-state index in [4.69, 9.17) is 9.41 Å². The van der Waals surface area contributed by atoms with Crippen molar-refractivity contribution in [2.75, 3.05) is 11.9 Å². The summed E-state index contributed by atoms with van der Waals surface area (Å²) in [4.78, 5) is 9.48. The second kappa shape index (κ2) is 10.2. The van der Waals surface area contributed by atoms with Gasteiger partial charge in [-0.1, -0.05) is 40.2 Å². The van der Waals surface area contributed by atoms with Crippen LogP contribution in [0.15, 0.2) is 42.7 Å². The lowest BCUT2D eigenvalue weighted by atomic mass is 9.93. The smallest absolute Gasteiger partial charge is 0.223 e. The minimum Gasteiger partial charge on any atom is -0.414 e. The second-order valence-corrected chi connectivity index (χ2v) is 15.9. The van der Waals surface area contributed by atoms with Crippen LogP contribution in [0.1, 0.15) is 65.4 Å². The maximum Gasteiger partial charge on any atom is 0.223 e. The van der Waals surface area contributed by atoms with Gasteiger partial charge in [0.2, 0.25) is 5.95 Å². The molecule has 1 aliphatic rings. The Morgan fingerprint density at radius 2 is 1.94 bits per heavy atom. The lowest BCUT2D eigenvalue weighted by Gasteiger charge is -2.40. The van der Waals surface area contributed by atoms with Crippen LogP contribution in [0.3, 0.4) is 0 Å². The SMILES string of the molecule is CCCCNc1ncc2c(n1)c(C1=CCC(O[Si](C)(C)C(C)(C)C)CC1)cn2-c1ccc(F)cc1. The van der Waals surface area contributed by atoms with Crippen LogP contribution in [0.2, 0.25) is 18.1 Å². The van der Waals surface area contributed by atoms with Crippen molar-refractivity contribution in [1.82, 2.24) is 14.5 Å². The number of hydrogen-bond donors (Lipinski definition) is 1. The zero-order chi connectivity index (χ0) is 25.2. The third-order valence-corrected chi connectivity index (χ3v) is 12.0. The first-order chi connectivity index (χ1) is 16.6. The summed E-state index contributed by atoms with van der Waals surface area (Å²) in [5, 5.41) is 3.56. The van der Waals surface area contributed by atoms with Crippen molar-refractivity contribution in [3.63, 3.8) is 0 Å². The molecule has 4 rings (SSSR count). The van der Waals surface area contributed by atoms with Crippen molar-refractivity contribution in [3.05, 3.63) is 54.1 Å². The fourth-order valence-electron chi connectivity index (χ4n) is 4.28. The van der Waals surface area contributed by atoms with Crippen molar-refractivity contribution in [2.45, 2.75) is 84.0 Å². The molecule has 1 aromatic carbocycles. The summed E-state index contributed by atoms with van der Waals surface area (Å²) in [5.41, 5.74) is 5.17. The van der Waals surface area contributed by atoms with Crippen molar-refractivity contribution >= 4 is 30.9 Å². The minimum atomic E-state index is -1.80. The predicted octanol–water partition coefficient (Wildman–Crippen LogP) is 7.73. The summed E-state index contributed by atoms with van der Waals surface area (Å²) in [6, 6.07) is 6.57. The maximum absolute atomic E-state index is 13.6. The van der Waals surface area contributed by atoms with Crippen molar-refractivity contribution in [3.8, 4) is 5.69 Å². The van der Waals surface area contributed by atoms with Gasteiger partial charge in [0.05, 0.1) is 11.7 Å². The Balaban J connectivity index is 1.67. The van der Waals surface area contributed by atoms with Gasteiger partial charge in [0, 0.05) is 30.1 Å². The van der Waals surface area contributed by atoms with Crippen molar-refractivity contribution in [1.29, 1.82) is 0 Å². The monoisotopic (exact) mass is 494 g/mol. The number of rotatable bonds is 8. The molecule has 0 bridgehead atoms. The summed E-state index contributed by atoms with van der Waals surface area (Å²) in [7, 11) is -1.80. The average molecular weight is 495 g/mol. The normalized spacial score (nSPS) is 17.0. The Bertz CT molecular complexity index is 1190. The highest BCUT2D eigenvalue weighted by Crippen LogP contribution is 2.40. The number of hydrogen-bond acceptors (Lipinski definition) is 4. The van der Waals surface area contributed by atoms with Crippen LogP contribution in [-0.4, -0.2) is 35.5 Å². The number of aromatic nitrogens is 3. The summed E-state index contributed by atoms with van der Waals surface area (Å²) in [6.07, 6.45) is 11.7. The van der Waals surface area contributed by atoms with Gasteiger partial charge in [-0.05, 0) is 73.7 Å². The highest BCUT2D eigenvalue weighted by atomic mass is 28.4. The van der Waals surface area contributed by atoms with Crippen LogP contribution >= 0.6 is 0 Å². The largest absolute Gasteiger partial charge is 0.414 e. The van der Waals surface area contributed by atoms with E-state index < -0.39 is 8.32 Å². The molecule has 0 spiro atoms. The Morgan fingerprint density at radius 1 is 1.20 bits per heavy atom. The van der Waals surface area contributed by atoms with E-state index in [1.165, 1.54) is 17.7 Å². The average Bonchev–Trinajstić information content (AvgIpc) is 3.18. The molecule has 1 unspecified atom stereocenters. The number of unbranched alkanes of at least 4 members (excludes halogenated alkanes) is 1. The van der Waals surface area contributed by atoms with E-state index in [9.17, 15) is 4.39 Å². The van der Waals surface area contributed by atoms with Crippen molar-refractivity contribution < 1.29 is 8.82 Å². The minimum absolute atomic E-state index is 0.206. The third-order valence-electron chi connectivity index (χ3n) is 7.44. The standard InChI is InChI=1S/C28H39FN4OSi/c1-7-8-17-30-27-31-18-25-26(32-27)24(19-33(25)22-13-11-21(29)12-14-22)20-9-15-23(16-10-20)34-35(5,6)28(2,3)4/h9,11-14,18-19,23H,7-8,10,15-17H2,1-6H3,(H,30,31,32). The molecule has 5 nitrogen and oxygen atoms in total. The predicted molar refractivity (Wildman–Crippen MR) is 146 cm³/mol. The molecular formula is C28H39FN4OSi. The van der Waals surface area contributed by atoms with Crippen LogP contribution in [0, 0.1) is 5.82 Å². The first kappa shape index (κ1) is 25.6. The Kier molecular flexibility index (Phi) is 7.48. The van der Waals surface area contributed by atoms with Gasteiger partial charge in [-0.2, -0.15) is 0 Å². The summed E-state index contributed by atoms with van der Waals surface area (Å²) in [5.74, 6) is 0.409. The maximum atomic E-state index is 13.6. The number of nitrogens with one attached hydrogen (secondary N) is 1. The Labute approximate surface area is 210 Å². The number of halogens is 1. The molecule has 2 aromatic heterocycles. The molecule has 3 aromatic rings. The van der Waals surface area contributed by atoms with E-state index in [-0.39, 0.29) is 17.0 Å². The van der Waals surface area contributed by atoms with Gasteiger partial charge in [0.25, 0.3) is 0 Å². The van der Waals surface area contributed by atoms with E-state index in [1.807, 2.05) is 6.20 Å². The van der Waals surface area contributed by atoms with E-state index in [1.54, 1.807) is 12.1 Å². The number of fused-ring (bicyclic) bond motifs is 1. The fourth-order valence-corrected chi connectivity index (χ4v) is 5.68. The van der Waals surface area contributed by atoms with E-state index in [0.29, 0.717) is 5.95 Å². The number of anilines is 1. The molecule has 1 atom stereocenters. The second-order valence-electron chi connectivity index (χ2n) is 11.1. The molecule has 1 aliphatic carbocycles. The molecule has 0 saturated heterocycles. The molecule has 35 heavy (non-hydrogen) atoms. The highest BCUT2D eigenvalue weighted by molar-refractivity contribution is 6.74. The van der Waals surface area contributed by atoms with Crippen LogP contribution in [-0.2, 0) is 4.43 Å². The molecule has 0 fully saturated rings. The van der Waals surface area contributed by atoms with Gasteiger partial charge in [0.15, 0.2) is 8.32 Å². The van der Waals surface area contributed by atoms with E-state index >= 15 is 0 Å². The number of nitrogens with zero attached hydrogens (tertiary/aromatic N) is 3. The van der Waals surface area contributed by atoms with Crippen LogP contribution in [0.25, 0.3) is 22.3 Å². The first-order valence-electron chi connectivity index (χ1n) is 12.8.